The smallest absolute Gasteiger partial charge is 0.308 e. The number of amides is 1. The predicted octanol–water partition coefficient (Wildman–Crippen LogP) is 0.472. The molecular weight excluding hydrogens is 170 g/mol. The van der Waals surface area contributed by atoms with Crippen molar-refractivity contribution in [2.45, 2.75) is 31.7 Å². The van der Waals surface area contributed by atoms with Crippen molar-refractivity contribution < 1.29 is 14.7 Å². The van der Waals surface area contributed by atoms with E-state index in [4.69, 9.17) is 5.11 Å². The van der Waals surface area contributed by atoms with Crippen LogP contribution in [0.4, 0.5) is 0 Å². The average Bonchev–Trinajstić information content (AvgIpc) is 2.62. The number of hydrogen-bond acceptors (Lipinski definition) is 2. The summed E-state index contributed by atoms with van der Waals surface area (Å²) >= 11 is 0. The number of carboxylic acid groups (broad SMARTS) is 1. The summed E-state index contributed by atoms with van der Waals surface area (Å²) in [5.74, 6) is -1.06. The van der Waals surface area contributed by atoms with E-state index in [1.165, 1.54) is 6.92 Å². The molecule has 0 aromatic rings. The first-order chi connectivity index (χ1) is 6.08. The van der Waals surface area contributed by atoms with Gasteiger partial charge in [-0.1, -0.05) is 0 Å². The Morgan fingerprint density at radius 1 is 1.46 bits per heavy atom. The molecule has 0 bridgehead atoms. The second kappa shape index (κ2) is 2.47. The van der Waals surface area contributed by atoms with Crippen LogP contribution in [-0.4, -0.2) is 34.0 Å². The minimum absolute atomic E-state index is 0.0150. The van der Waals surface area contributed by atoms with Gasteiger partial charge in [-0.3, -0.25) is 9.59 Å². The lowest BCUT2D eigenvalue weighted by molar-refractivity contribution is -0.143. The number of carboxylic acids is 1. The van der Waals surface area contributed by atoms with Gasteiger partial charge in [0.05, 0.1) is 11.5 Å². The van der Waals surface area contributed by atoms with E-state index in [9.17, 15) is 9.59 Å². The Labute approximate surface area is 76.5 Å². The van der Waals surface area contributed by atoms with Gasteiger partial charge in [0.15, 0.2) is 0 Å². The minimum Gasteiger partial charge on any atom is -0.481 e. The van der Waals surface area contributed by atoms with E-state index < -0.39 is 5.97 Å². The fourth-order valence-electron chi connectivity index (χ4n) is 2.51. The van der Waals surface area contributed by atoms with Gasteiger partial charge in [0, 0.05) is 13.5 Å². The summed E-state index contributed by atoms with van der Waals surface area (Å²) in [6.07, 6.45) is 2.35. The Hall–Kier alpha value is -1.06. The van der Waals surface area contributed by atoms with Crippen LogP contribution in [0.25, 0.3) is 0 Å². The van der Waals surface area contributed by atoms with Crippen LogP contribution in [0, 0.1) is 5.92 Å². The third-order valence-corrected chi connectivity index (χ3v) is 3.27. The van der Waals surface area contributed by atoms with Crippen molar-refractivity contribution in [1.29, 1.82) is 0 Å². The van der Waals surface area contributed by atoms with Crippen molar-refractivity contribution >= 4 is 11.9 Å². The molecule has 1 amide bonds. The fourth-order valence-corrected chi connectivity index (χ4v) is 2.51. The summed E-state index contributed by atoms with van der Waals surface area (Å²) in [4.78, 5) is 23.8. The van der Waals surface area contributed by atoms with E-state index in [0.717, 1.165) is 12.8 Å². The number of likely N-dealkylation sites (tertiary alicyclic amines) is 1. The van der Waals surface area contributed by atoms with Gasteiger partial charge in [-0.2, -0.15) is 0 Å². The normalized spacial score (nSPS) is 29.3. The molecule has 4 nitrogen and oxygen atoms in total. The molecule has 1 saturated carbocycles. The molecule has 1 aliphatic heterocycles. The summed E-state index contributed by atoms with van der Waals surface area (Å²) in [5, 5.41) is 8.95. The van der Waals surface area contributed by atoms with Crippen LogP contribution < -0.4 is 0 Å². The van der Waals surface area contributed by atoms with Crippen molar-refractivity contribution in [3.05, 3.63) is 0 Å². The van der Waals surface area contributed by atoms with E-state index in [1.54, 1.807) is 4.90 Å². The molecule has 72 valence electrons. The molecule has 1 N–H and O–H groups in total. The number of rotatable bonds is 1. The summed E-state index contributed by atoms with van der Waals surface area (Å²) in [6, 6.07) is 0. The molecule has 1 heterocycles. The molecular formula is C9H13NO3. The largest absolute Gasteiger partial charge is 0.481 e. The topological polar surface area (TPSA) is 57.6 Å². The number of aliphatic carboxylic acids is 1. The number of carbonyl (C=O) groups excluding carboxylic acids is 1. The third-order valence-electron chi connectivity index (χ3n) is 3.27. The second-order valence-electron chi connectivity index (χ2n) is 3.95. The first-order valence-corrected chi connectivity index (χ1v) is 4.59. The van der Waals surface area contributed by atoms with Crippen LogP contribution >= 0.6 is 0 Å². The molecule has 2 aliphatic rings. The zero-order chi connectivity index (χ0) is 9.64. The van der Waals surface area contributed by atoms with E-state index in [2.05, 4.69) is 0 Å². The quantitative estimate of drug-likeness (QED) is 0.643. The van der Waals surface area contributed by atoms with Crippen LogP contribution in [-0.2, 0) is 9.59 Å². The summed E-state index contributed by atoms with van der Waals surface area (Å²) < 4.78 is 0. The third kappa shape index (κ3) is 1.04. The van der Waals surface area contributed by atoms with E-state index in [1.807, 2.05) is 0 Å². The van der Waals surface area contributed by atoms with Crippen molar-refractivity contribution in [3.8, 4) is 0 Å². The summed E-state index contributed by atoms with van der Waals surface area (Å²) in [6.45, 7) is 2.14. The number of carbonyl (C=O) groups is 2. The lowest BCUT2D eigenvalue weighted by atomic mass is 9.98. The Balaban J connectivity index is 2.22. The predicted molar refractivity (Wildman–Crippen MR) is 45.1 cm³/mol. The van der Waals surface area contributed by atoms with E-state index in [0.29, 0.717) is 13.0 Å². The molecule has 1 spiro atoms. The highest BCUT2D eigenvalue weighted by Crippen LogP contribution is 2.53. The SMILES string of the molecule is CC(=O)N1CCC(C(=O)O)C12CC2. The molecule has 0 radical (unpaired) electrons. The van der Waals surface area contributed by atoms with Gasteiger partial charge in [-0.15, -0.1) is 0 Å². The van der Waals surface area contributed by atoms with Crippen LogP contribution in [0.3, 0.4) is 0 Å². The van der Waals surface area contributed by atoms with Gasteiger partial charge >= 0.3 is 5.97 Å². The van der Waals surface area contributed by atoms with Crippen LogP contribution in [0.2, 0.25) is 0 Å². The van der Waals surface area contributed by atoms with Gasteiger partial charge in [0.25, 0.3) is 0 Å². The molecule has 0 aromatic heterocycles. The summed E-state index contributed by atoms with van der Waals surface area (Å²) in [5.41, 5.74) is -0.294. The maximum atomic E-state index is 11.2. The van der Waals surface area contributed by atoms with Crippen molar-refractivity contribution in [2.24, 2.45) is 5.92 Å². The van der Waals surface area contributed by atoms with Crippen LogP contribution in [0.5, 0.6) is 0 Å². The van der Waals surface area contributed by atoms with Crippen LogP contribution in [0.1, 0.15) is 26.2 Å². The first kappa shape index (κ1) is 8.53. The number of nitrogens with zero attached hydrogens (tertiary/aromatic N) is 1. The van der Waals surface area contributed by atoms with Crippen molar-refractivity contribution in [1.82, 2.24) is 4.90 Å². The maximum absolute atomic E-state index is 11.2. The molecule has 1 aliphatic carbocycles. The fraction of sp³-hybridized carbons (Fsp3) is 0.778. The van der Waals surface area contributed by atoms with Crippen molar-refractivity contribution in [3.63, 3.8) is 0 Å². The molecule has 13 heavy (non-hydrogen) atoms. The van der Waals surface area contributed by atoms with E-state index >= 15 is 0 Å². The zero-order valence-electron chi connectivity index (χ0n) is 7.62. The molecule has 4 heteroatoms. The Morgan fingerprint density at radius 2 is 2.08 bits per heavy atom. The summed E-state index contributed by atoms with van der Waals surface area (Å²) in [7, 11) is 0. The van der Waals surface area contributed by atoms with Crippen LogP contribution in [0.15, 0.2) is 0 Å². The van der Waals surface area contributed by atoms with Gasteiger partial charge in [-0.05, 0) is 19.3 Å². The molecule has 1 unspecified atom stereocenters. The molecule has 0 aromatic carbocycles. The highest BCUT2D eigenvalue weighted by atomic mass is 16.4. The maximum Gasteiger partial charge on any atom is 0.308 e. The Bertz CT molecular complexity index is 246. The van der Waals surface area contributed by atoms with Gasteiger partial charge in [-0.25, -0.2) is 0 Å². The van der Waals surface area contributed by atoms with Gasteiger partial charge < -0.3 is 10.0 Å². The first-order valence-electron chi connectivity index (χ1n) is 4.59. The lowest BCUT2D eigenvalue weighted by Crippen LogP contribution is -2.40. The second-order valence-corrected chi connectivity index (χ2v) is 3.95. The Morgan fingerprint density at radius 3 is 2.46 bits per heavy atom. The standard InChI is InChI=1S/C9H13NO3/c1-6(11)10-5-2-7(8(12)13)9(10)3-4-9/h7H,2-5H2,1H3,(H,12,13). The lowest BCUT2D eigenvalue weighted by Gasteiger charge is -2.25. The minimum atomic E-state index is -0.749. The number of hydrogen-bond donors (Lipinski definition) is 1. The molecule has 1 saturated heterocycles. The monoisotopic (exact) mass is 183 g/mol. The van der Waals surface area contributed by atoms with Gasteiger partial charge in [0.1, 0.15) is 0 Å². The molecule has 1 atom stereocenters. The van der Waals surface area contributed by atoms with E-state index in [-0.39, 0.29) is 17.4 Å². The van der Waals surface area contributed by atoms with Crippen molar-refractivity contribution in [2.75, 3.05) is 6.54 Å². The van der Waals surface area contributed by atoms with Gasteiger partial charge in [0.2, 0.25) is 5.91 Å². The average molecular weight is 183 g/mol. The highest BCUT2D eigenvalue weighted by Gasteiger charge is 2.60. The highest BCUT2D eigenvalue weighted by molar-refractivity contribution is 5.80. The molecule has 2 fully saturated rings. The zero-order valence-corrected chi connectivity index (χ0v) is 7.62. The molecule has 2 rings (SSSR count). The Kier molecular flexibility index (Phi) is 1.62.